The SMILES string of the molecule is O=C(Nc1cccc(N2CCOC2=O)c1)C1COCCN1. The number of hydrogen-bond donors (Lipinski definition) is 2. The van der Waals surface area contributed by atoms with Crippen molar-refractivity contribution in [2.45, 2.75) is 6.04 Å². The summed E-state index contributed by atoms with van der Waals surface area (Å²) in [5, 5.41) is 5.92. The third kappa shape index (κ3) is 3.14. The first kappa shape index (κ1) is 13.8. The van der Waals surface area contributed by atoms with Crippen molar-refractivity contribution in [1.82, 2.24) is 5.32 Å². The van der Waals surface area contributed by atoms with Crippen LogP contribution in [0.5, 0.6) is 0 Å². The number of carbonyl (C=O) groups is 2. The average molecular weight is 291 g/mol. The Morgan fingerprint density at radius 2 is 2.29 bits per heavy atom. The van der Waals surface area contributed by atoms with E-state index in [1.54, 1.807) is 18.2 Å². The molecule has 0 bridgehead atoms. The van der Waals surface area contributed by atoms with Gasteiger partial charge >= 0.3 is 6.09 Å². The van der Waals surface area contributed by atoms with Crippen molar-refractivity contribution in [3.05, 3.63) is 24.3 Å². The van der Waals surface area contributed by atoms with Gasteiger partial charge in [-0.25, -0.2) is 4.79 Å². The molecule has 0 spiro atoms. The summed E-state index contributed by atoms with van der Waals surface area (Å²) in [4.78, 5) is 25.2. The fraction of sp³-hybridized carbons (Fsp3) is 0.429. The van der Waals surface area contributed by atoms with Crippen molar-refractivity contribution >= 4 is 23.4 Å². The molecule has 2 aliphatic rings. The fourth-order valence-corrected chi connectivity index (χ4v) is 2.34. The molecule has 1 aromatic rings. The van der Waals surface area contributed by atoms with E-state index < -0.39 is 0 Å². The Morgan fingerprint density at radius 1 is 1.38 bits per heavy atom. The Bertz CT molecular complexity index is 543. The van der Waals surface area contributed by atoms with Crippen molar-refractivity contribution in [2.24, 2.45) is 0 Å². The van der Waals surface area contributed by atoms with Crippen LogP contribution in [0.1, 0.15) is 0 Å². The topological polar surface area (TPSA) is 79.9 Å². The van der Waals surface area contributed by atoms with Crippen LogP contribution >= 0.6 is 0 Å². The number of nitrogens with one attached hydrogen (secondary N) is 2. The number of amides is 2. The maximum atomic E-state index is 12.1. The molecule has 0 aliphatic carbocycles. The second-order valence-electron chi connectivity index (χ2n) is 4.89. The molecule has 7 heteroatoms. The van der Waals surface area contributed by atoms with Gasteiger partial charge in [0.05, 0.1) is 19.8 Å². The predicted octanol–water partition coefficient (Wildman–Crippen LogP) is 0.570. The molecule has 2 N–H and O–H groups in total. The Kier molecular flexibility index (Phi) is 4.03. The minimum absolute atomic E-state index is 0.143. The monoisotopic (exact) mass is 291 g/mol. The van der Waals surface area contributed by atoms with Crippen LogP contribution in [0.15, 0.2) is 24.3 Å². The number of carbonyl (C=O) groups excluding carboxylic acids is 2. The molecule has 0 radical (unpaired) electrons. The summed E-state index contributed by atoms with van der Waals surface area (Å²) in [5.41, 5.74) is 1.35. The lowest BCUT2D eigenvalue weighted by Gasteiger charge is -2.23. The lowest BCUT2D eigenvalue weighted by Crippen LogP contribution is -2.48. The van der Waals surface area contributed by atoms with E-state index in [2.05, 4.69) is 10.6 Å². The molecule has 7 nitrogen and oxygen atoms in total. The van der Waals surface area contributed by atoms with Crippen molar-refractivity contribution in [1.29, 1.82) is 0 Å². The third-order valence-electron chi connectivity index (χ3n) is 3.42. The van der Waals surface area contributed by atoms with Crippen molar-refractivity contribution in [2.75, 3.05) is 43.1 Å². The highest BCUT2D eigenvalue weighted by Gasteiger charge is 2.24. The maximum Gasteiger partial charge on any atom is 0.414 e. The van der Waals surface area contributed by atoms with Gasteiger partial charge in [0.1, 0.15) is 12.6 Å². The number of anilines is 2. The summed E-state index contributed by atoms with van der Waals surface area (Å²) in [7, 11) is 0. The zero-order chi connectivity index (χ0) is 14.7. The standard InChI is InChI=1S/C14H17N3O4/c18-13(12-9-20-6-4-15-12)16-10-2-1-3-11(8-10)17-5-7-21-14(17)19/h1-3,8,12,15H,4-7,9H2,(H,16,18). The molecule has 2 saturated heterocycles. The molecule has 2 amide bonds. The molecule has 1 unspecified atom stereocenters. The first-order chi connectivity index (χ1) is 10.2. The van der Waals surface area contributed by atoms with E-state index in [1.807, 2.05) is 6.07 Å². The number of hydrogen-bond acceptors (Lipinski definition) is 5. The second-order valence-corrected chi connectivity index (χ2v) is 4.89. The maximum absolute atomic E-state index is 12.1. The minimum atomic E-state index is -0.360. The largest absolute Gasteiger partial charge is 0.447 e. The molecule has 1 atom stereocenters. The van der Waals surface area contributed by atoms with E-state index in [4.69, 9.17) is 9.47 Å². The van der Waals surface area contributed by atoms with Gasteiger partial charge in [0, 0.05) is 17.9 Å². The van der Waals surface area contributed by atoms with E-state index in [0.717, 1.165) is 0 Å². The van der Waals surface area contributed by atoms with E-state index in [1.165, 1.54) is 4.90 Å². The number of morpholine rings is 1. The molecule has 2 heterocycles. The number of benzene rings is 1. The molecule has 2 fully saturated rings. The summed E-state index contributed by atoms with van der Waals surface area (Å²) in [6.45, 7) is 2.56. The second kappa shape index (κ2) is 6.11. The minimum Gasteiger partial charge on any atom is -0.447 e. The molecule has 0 saturated carbocycles. The first-order valence-corrected chi connectivity index (χ1v) is 6.90. The van der Waals surface area contributed by atoms with Gasteiger partial charge in [-0.1, -0.05) is 6.07 Å². The zero-order valence-electron chi connectivity index (χ0n) is 11.5. The molecule has 3 rings (SSSR count). The fourth-order valence-electron chi connectivity index (χ4n) is 2.34. The van der Waals surface area contributed by atoms with Crippen LogP contribution in [0, 0.1) is 0 Å². The molecule has 0 aromatic heterocycles. The van der Waals surface area contributed by atoms with Gasteiger partial charge in [-0.3, -0.25) is 9.69 Å². The average Bonchev–Trinajstić information content (AvgIpc) is 2.94. The summed E-state index contributed by atoms with van der Waals surface area (Å²) >= 11 is 0. The van der Waals surface area contributed by atoms with Crippen molar-refractivity contribution in [3.63, 3.8) is 0 Å². The summed E-state index contributed by atoms with van der Waals surface area (Å²) < 4.78 is 10.2. The van der Waals surface area contributed by atoms with Crippen LogP contribution in [0.3, 0.4) is 0 Å². The Balaban J connectivity index is 1.68. The number of nitrogens with zero attached hydrogens (tertiary/aromatic N) is 1. The van der Waals surface area contributed by atoms with Crippen LogP contribution in [-0.4, -0.2) is 51.0 Å². The van der Waals surface area contributed by atoms with Gasteiger partial charge in [-0.15, -0.1) is 0 Å². The van der Waals surface area contributed by atoms with Crippen LogP contribution in [0.25, 0.3) is 0 Å². The smallest absolute Gasteiger partial charge is 0.414 e. The lowest BCUT2D eigenvalue weighted by atomic mass is 10.2. The number of rotatable bonds is 3. The van der Waals surface area contributed by atoms with Crippen LogP contribution in [0.2, 0.25) is 0 Å². The summed E-state index contributed by atoms with van der Waals surface area (Å²) in [6, 6.07) is 6.80. The normalized spacial score (nSPS) is 22.0. The van der Waals surface area contributed by atoms with Gasteiger partial charge < -0.3 is 20.1 Å². The Hall–Kier alpha value is -2.12. The Morgan fingerprint density at radius 3 is 3.00 bits per heavy atom. The lowest BCUT2D eigenvalue weighted by molar-refractivity contribution is -0.120. The highest BCUT2D eigenvalue weighted by atomic mass is 16.6. The molecule has 2 aliphatic heterocycles. The number of cyclic esters (lactones) is 1. The number of ether oxygens (including phenoxy) is 2. The predicted molar refractivity (Wildman–Crippen MR) is 76.4 cm³/mol. The molecular weight excluding hydrogens is 274 g/mol. The van der Waals surface area contributed by atoms with Crippen LogP contribution in [-0.2, 0) is 14.3 Å². The first-order valence-electron chi connectivity index (χ1n) is 6.90. The highest BCUT2D eigenvalue weighted by Crippen LogP contribution is 2.22. The Labute approximate surface area is 122 Å². The highest BCUT2D eigenvalue weighted by molar-refractivity contribution is 5.96. The van der Waals surface area contributed by atoms with Gasteiger partial charge in [0.25, 0.3) is 0 Å². The van der Waals surface area contributed by atoms with Crippen LogP contribution in [0.4, 0.5) is 16.2 Å². The van der Waals surface area contributed by atoms with Crippen molar-refractivity contribution < 1.29 is 19.1 Å². The van der Waals surface area contributed by atoms with Gasteiger partial charge in [0.15, 0.2) is 0 Å². The van der Waals surface area contributed by atoms with Gasteiger partial charge in [-0.2, -0.15) is 0 Å². The molecule has 1 aromatic carbocycles. The van der Waals surface area contributed by atoms with Gasteiger partial charge in [0.2, 0.25) is 5.91 Å². The van der Waals surface area contributed by atoms with E-state index >= 15 is 0 Å². The quantitative estimate of drug-likeness (QED) is 0.851. The molecular formula is C14H17N3O4. The summed E-state index contributed by atoms with van der Waals surface area (Å²) in [5.74, 6) is -0.143. The third-order valence-corrected chi connectivity index (χ3v) is 3.42. The van der Waals surface area contributed by atoms with Crippen molar-refractivity contribution in [3.8, 4) is 0 Å². The summed E-state index contributed by atoms with van der Waals surface area (Å²) in [6.07, 6.45) is -0.360. The van der Waals surface area contributed by atoms with E-state index in [0.29, 0.717) is 44.3 Å². The van der Waals surface area contributed by atoms with E-state index in [-0.39, 0.29) is 18.0 Å². The van der Waals surface area contributed by atoms with Gasteiger partial charge in [-0.05, 0) is 18.2 Å². The zero-order valence-corrected chi connectivity index (χ0v) is 11.5. The van der Waals surface area contributed by atoms with Crippen LogP contribution < -0.4 is 15.5 Å². The molecule has 21 heavy (non-hydrogen) atoms. The molecule has 112 valence electrons. The van der Waals surface area contributed by atoms with E-state index in [9.17, 15) is 9.59 Å².